The van der Waals surface area contributed by atoms with Gasteiger partial charge in [0.2, 0.25) is 5.91 Å². The third-order valence-corrected chi connectivity index (χ3v) is 4.89. The molecule has 2 unspecified atom stereocenters. The number of nitrogens with zero attached hydrogens (tertiary/aromatic N) is 1. The van der Waals surface area contributed by atoms with E-state index in [1.54, 1.807) is 0 Å². The van der Waals surface area contributed by atoms with Crippen molar-refractivity contribution in [1.82, 2.24) is 4.90 Å². The molecule has 1 fully saturated rings. The molecule has 0 saturated carbocycles. The summed E-state index contributed by atoms with van der Waals surface area (Å²) in [4.78, 5) is 14.3. The van der Waals surface area contributed by atoms with Crippen LogP contribution in [0.2, 0.25) is 0 Å². The van der Waals surface area contributed by atoms with E-state index in [-0.39, 0.29) is 5.91 Å². The molecule has 3 nitrogen and oxygen atoms in total. The van der Waals surface area contributed by atoms with Gasteiger partial charge in [0.25, 0.3) is 0 Å². The van der Waals surface area contributed by atoms with Gasteiger partial charge in [-0.1, -0.05) is 37.3 Å². The fourth-order valence-electron chi connectivity index (χ4n) is 2.36. The second-order valence-corrected chi connectivity index (χ2v) is 6.39. The van der Waals surface area contributed by atoms with Crippen molar-refractivity contribution in [2.75, 3.05) is 18.8 Å². The van der Waals surface area contributed by atoms with Gasteiger partial charge in [0, 0.05) is 24.1 Å². The summed E-state index contributed by atoms with van der Waals surface area (Å²) < 4.78 is 0. The lowest BCUT2D eigenvalue weighted by molar-refractivity contribution is -0.132. The van der Waals surface area contributed by atoms with Crippen LogP contribution in [0.3, 0.4) is 0 Å². The molecule has 19 heavy (non-hydrogen) atoms. The van der Waals surface area contributed by atoms with Gasteiger partial charge in [-0.3, -0.25) is 4.79 Å². The molecule has 1 saturated heterocycles. The first-order valence-corrected chi connectivity index (χ1v) is 7.95. The van der Waals surface area contributed by atoms with Crippen molar-refractivity contribution in [2.45, 2.75) is 31.1 Å². The number of thioether (sulfide) groups is 1. The van der Waals surface area contributed by atoms with Crippen molar-refractivity contribution >= 4 is 17.7 Å². The zero-order valence-electron chi connectivity index (χ0n) is 11.4. The summed E-state index contributed by atoms with van der Waals surface area (Å²) in [5.41, 5.74) is 7.20. The zero-order chi connectivity index (χ0) is 13.7. The first kappa shape index (κ1) is 14.4. The summed E-state index contributed by atoms with van der Waals surface area (Å²) in [6.07, 6.45) is 1.74. The van der Waals surface area contributed by atoms with Crippen molar-refractivity contribution in [2.24, 2.45) is 5.73 Å². The van der Waals surface area contributed by atoms with Gasteiger partial charge in [-0.05, 0) is 18.4 Å². The topological polar surface area (TPSA) is 46.3 Å². The number of hydrogen-bond acceptors (Lipinski definition) is 3. The van der Waals surface area contributed by atoms with Gasteiger partial charge in [0.15, 0.2) is 0 Å². The highest BCUT2D eigenvalue weighted by Crippen LogP contribution is 2.21. The maximum absolute atomic E-state index is 12.4. The lowest BCUT2D eigenvalue weighted by Gasteiger charge is -2.33. The van der Waals surface area contributed by atoms with E-state index < -0.39 is 6.04 Å². The van der Waals surface area contributed by atoms with E-state index in [9.17, 15) is 4.79 Å². The molecule has 1 heterocycles. The number of hydrogen-bond donors (Lipinski definition) is 1. The minimum atomic E-state index is -0.414. The highest BCUT2D eigenvalue weighted by Gasteiger charge is 2.26. The molecule has 4 heteroatoms. The van der Waals surface area contributed by atoms with Crippen LogP contribution >= 0.6 is 11.8 Å². The number of nitrogens with two attached hydrogens (primary N) is 1. The van der Waals surface area contributed by atoms with E-state index in [4.69, 9.17) is 5.73 Å². The van der Waals surface area contributed by atoms with Crippen LogP contribution in [0.15, 0.2) is 30.3 Å². The van der Waals surface area contributed by atoms with Crippen molar-refractivity contribution in [3.05, 3.63) is 35.9 Å². The van der Waals surface area contributed by atoms with Crippen LogP contribution in [-0.2, 0) is 11.2 Å². The number of carbonyl (C=O) groups is 1. The Kier molecular flexibility index (Phi) is 5.28. The Morgan fingerprint density at radius 3 is 2.89 bits per heavy atom. The van der Waals surface area contributed by atoms with Gasteiger partial charge in [0.1, 0.15) is 0 Å². The summed E-state index contributed by atoms with van der Waals surface area (Å²) in [6, 6.07) is 9.57. The Balaban J connectivity index is 1.91. The Morgan fingerprint density at radius 1 is 1.47 bits per heavy atom. The second-order valence-electron chi connectivity index (χ2n) is 4.98. The fraction of sp³-hybridized carbons (Fsp3) is 0.533. The minimum absolute atomic E-state index is 0.0996. The van der Waals surface area contributed by atoms with Crippen molar-refractivity contribution in [1.29, 1.82) is 0 Å². The average molecular weight is 278 g/mol. The largest absolute Gasteiger partial charge is 0.339 e. The monoisotopic (exact) mass is 278 g/mol. The second kappa shape index (κ2) is 6.96. The molecule has 2 N–H and O–H groups in total. The minimum Gasteiger partial charge on any atom is -0.339 e. The smallest absolute Gasteiger partial charge is 0.239 e. The molecule has 0 spiro atoms. The molecule has 2 atom stereocenters. The van der Waals surface area contributed by atoms with Crippen LogP contribution in [0.5, 0.6) is 0 Å². The third kappa shape index (κ3) is 3.98. The molecular formula is C15H22N2OS. The van der Waals surface area contributed by atoms with Gasteiger partial charge in [0.05, 0.1) is 6.04 Å². The molecular weight excluding hydrogens is 256 g/mol. The van der Waals surface area contributed by atoms with Crippen molar-refractivity contribution < 1.29 is 4.79 Å². The van der Waals surface area contributed by atoms with Gasteiger partial charge in [-0.2, -0.15) is 11.8 Å². The Bertz CT molecular complexity index is 410. The predicted octanol–water partition coefficient (Wildman–Crippen LogP) is 1.91. The fourth-order valence-corrected chi connectivity index (χ4v) is 3.54. The Morgan fingerprint density at radius 2 is 2.21 bits per heavy atom. The van der Waals surface area contributed by atoms with Crippen LogP contribution < -0.4 is 5.73 Å². The van der Waals surface area contributed by atoms with E-state index >= 15 is 0 Å². The molecule has 1 amide bonds. The maximum Gasteiger partial charge on any atom is 0.239 e. The molecule has 104 valence electrons. The van der Waals surface area contributed by atoms with Crippen LogP contribution in [0.1, 0.15) is 18.9 Å². The summed E-state index contributed by atoms with van der Waals surface area (Å²) in [5, 5.41) is 0.571. The summed E-state index contributed by atoms with van der Waals surface area (Å²) in [7, 11) is 0. The number of rotatable bonds is 4. The Labute approximate surface area is 119 Å². The molecule has 0 radical (unpaired) electrons. The molecule has 2 rings (SSSR count). The lowest BCUT2D eigenvalue weighted by atomic mass is 10.1. The summed E-state index contributed by atoms with van der Waals surface area (Å²) in [5.74, 6) is 1.13. The van der Waals surface area contributed by atoms with E-state index in [0.29, 0.717) is 11.7 Å². The SMILES string of the molecule is CCC1CN(C(=O)C(N)Cc2ccccc2)CCS1. The Hall–Kier alpha value is -1.00. The molecule has 1 aliphatic heterocycles. The third-order valence-electron chi connectivity index (χ3n) is 3.52. The van der Waals surface area contributed by atoms with Crippen LogP contribution in [0, 0.1) is 0 Å². The van der Waals surface area contributed by atoms with E-state index in [0.717, 1.165) is 30.8 Å². The van der Waals surface area contributed by atoms with E-state index in [1.165, 1.54) is 0 Å². The number of amides is 1. The first-order chi connectivity index (χ1) is 9.20. The summed E-state index contributed by atoms with van der Waals surface area (Å²) >= 11 is 1.97. The van der Waals surface area contributed by atoms with Crippen LogP contribution in [0.4, 0.5) is 0 Å². The summed E-state index contributed by atoms with van der Waals surface area (Å²) in [6.45, 7) is 3.86. The van der Waals surface area contributed by atoms with Crippen molar-refractivity contribution in [3.63, 3.8) is 0 Å². The molecule has 1 aromatic carbocycles. The molecule has 1 aromatic rings. The standard InChI is InChI=1S/C15H22N2OS/c1-2-13-11-17(8-9-19-13)15(18)14(16)10-12-6-4-3-5-7-12/h3-7,13-14H,2,8-11,16H2,1H3. The molecule has 0 aliphatic carbocycles. The highest BCUT2D eigenvalue weighted by molar-refractivity contribution is 8.00. The number of carbonyl (C=O) groups excluding carboxylic acids is 1. The van der Waals surface area contributed by atoms with Crippen LogP contribution in [0.25, 0.3) is 0 Å². The average Bonchev–Trinajstić information content (AvgIpc) is 2.47. The highest BCUT2D eigenvalue weighted by atomic mass is 32.2. The normalized spacial score (nSPS) is 21.2. The van der Waals surface area contributed by atoms with Gasteiger partial charge >= 0.3 is 0 Å². The quantitative estimate of drug-likeness (QED) is 0.915. The first-order valence-electron chi connectivity index (χ1n) is 6.90. The predicted molar refractivity (Wildman–Crippen MR) is 81.2 cm³/mol. The van der Waals surface area contributed by atoms with Crippen molar-refractivity contribution in [3.8, 4) is 0 Å². The number of benzene rings is 1. The van der Waals surface area contributed by atoms with Gasteiger partial charge < -0.3 is 10.6 Å². The molecule has 0 bridgehead atoms. The maximum atomic E-state index is 12.4. The van der Waals surface area contributed by atoms with Gasteiger partial charge in [-0.15, -0.1) is 0 Å². The molecule has 1 aliphatic rings. The van der Waals surface area contributed by atoms with Gasteiger partial charge in [-0.25, -0.2) is 0 Å². The van der Waals surface area contributed by atoms with Crippen LogP contribution in [-0.4, -0.2) is 40.9 Å². The zero-order valence-corrected chi connectivity index (χ0v) is 12.2. The van der Waals surface area contributed by atoms with E-state index in [2.05, 4.69) is 6.92 Å². The lowest BCUT2D eigenvalue weighted by Crippen LogP contribution is -2.49. The molecule has 0 aromatic heterocycles. The van der Waals surface area contributed by atoms with E-state index in [1.807, 2.05) is 47.0 Å².